The molecule has 1 atom stereocenters. The third kappa shape index (κ3) is 5.74. The summed E-state index contributed by atoms with van der Waals surface area (Å²) in [7, 11) is 0. The number of rotatable bonds is 10. The van der Waals surface area contributed by atoms with E-state index in [2.05, 4.69) is 20.6 Å². The molecule has 1 aliphatic rings. The third-order valence-electron chi connectivity index (χ3n) is 5.66. The maximum atomic E-state index is 13.5. The number of hydrogen-bond donors (Lipinski definition) is 3. The van der Waals surface area contributed by atoms with E-state index in [-0.39, 0.29) is 23.5 Å². The number of benzene rings is 2. The number of amides is 1. The first kappa shape index (κ1) is 22.5. The van der Waals surface area contributed by atoms with Gasteiger partial charge in [-0.3, -0.25) is 4.79 Å². The number of carbonyl (C=O) groups excluding carboxylic acids is 2. The first-order chi connectivity index (χ1) is 16.0. The molecule has 0 saturated heterocycles. The van der Waals surface area contributed by atoms with Crippen LogP contribution in [0.1, 0.15) is 55.1 Å². The summed E-state index contributed by atoms with van der Waals surface area (Å²) in [5, 5.41) is 7.05. The molecule has 4 rings (SSSR count). The normalized spacial score (nSPS) is 13.9. The van der Waals surface area contributed by atoms with Gasteiger partial charge >= 0.3 is 5.84 Å². The number of unbranched alkanes of at least 4 members (excludes halogenated alkanes) is 2. The summed E-state index contributed by atoms with van der Waals surface area (Å²) in [6.07, 6.45) is 5.59. The van der Waals surface area contributed by atoms with Crippen molar-refractivity contribution in [3.05, 3.63) is 77.9 Å². The van der Waals surface area contributed by atoms with E-state index in [0.717, 1.165) is 30.5 Å². The van der Waals surface area contributed by atoms with Crippen molar-refractivity contribution >= 4 is 34.1 Å². The Hall–Kier alpha value is -3.74. The summed E-state index contributed by atoms with van der Waals surface area (Å²) < 4.78 is 13.5. The fourth-order valence-electron chi connectivity index (χ4n) is 3.92. The van der Waals surface area contributed by atoms with Crippen molar-refractivity contribution in [2.45, 2.75) is 45.1 Å². The van der Waals surface area contributed by atoms with Crippen LogP contribution in [0.5, 0.6) is 0 Å². The van der Waals surface area contributed by atoms with E-state index in [0.29, 0.717) is 35.3 Å². The second-order valence-electron chi connectivity index (χ2n) is 8.29. The number of hydrogen-bond acceptors (Lipinski definition) is 4. The molecule has 33 heavy (non-hydrogen) atoms. The molecule has 7 heteroatoms. The van der Waals surface area contributed by atoms with Crippen LogP contribution >= 0.6 is 0 Å². The Balaban J connectivity index is 1.45. The number of Topliss-reactive ketones (excluding diaryl/α,β-unsaturated/α-hetero) is 1. The van der Waals surface area contributed by atoms with Gasteiger partial charge in [-0.2, -0.15) is 0 Å². The van der Waals surface area contributed by atoms with Crippen LogP contribution in [0.2, 0.25) is 0 Å². The Morgan fingerprint density at radius 3 is 2.67 bits per heavy atom. The van der Waals surface area contributed by atoms with Gasteiger partial charge in [0.2, 0.25) is 0 Å². The molecule has 2 heterocycles. The van der Waals surface area contributed by atoms with Crippen LogP contribution in [0.4, 0.5) is 4.39 Å². The highest BCUT2D eigenvalue weighted by Gasteiger charge is 2.31. The number of fused-ring (bicyclic) bond motifs is 1. The van der Waals surface area contributed by atoms with Crippen molar-refractivity contribution in [2.75, 3.05) is 0 Å². The van der Waals surface area contributed by atoms with E-state index >= 15 is 0 Å². The van der Waals surface area contributed by atoms with E-state index < -0.39 is 0 Å². The highest BCUT2D eigenvalue weighted by Crippen LogP contribution is 2.18. The molecule has 1 amide bonds. The lowest BCUT2D eigenvalue weighted by atomic mass is 10.0. The van der Waals surface area contributed by atoms with E-state index in [1.165, 1.54) is 12.1 Å². The van der Waals surface area contributed by atoms with E-state index in [9.17, 15) is 14.0 Å². The van der Waals surface area contributed by atoms with Gasteiger partial charge in [-0.05, 0) is 49.0 Å². The van der Waals surface area contributed by atoms with Crippen LogP contribution in [-0.4, -0.2) is 28.6 Å². The molecule has 0 fully saturated rings. The van der Waals surface area contributed by atoms with Crippen LogP contribution in [-0.2, 0) is 4.79 Å². The maximum absolute atomic E-state index is 13.5. The van der Waals surface area contributed by atoms with Gasteiger partial charge in [0.1, 0.15) is 23.3 Å². The molecule has 2 aromatic carbocycles. The van der Waals surface area contributed by atoms with E-state index in [1.807, 2.05) is 30.3 Å². The van der Waals surface area contributed by atoms with Gasteiger partial charge in [-0.15, -0.1) is 0 Å². The number of nitrogens with zero attached hydrogens (tertiary/aromatic N) is 1. The number of aromatic amines is 1. The molecule has 1 aromatic heterocycles. The van der Waals surface area contributed by atoms with Gasteiger partial charge in [-0.25, -0.2) is 9.71 Å². The number of amidine groups is 1. The highest BCUT2D eigenvalue weighted by molar-refractivity contribution is 6.03. The topological polar surface area (TPSA) is 88.1 Å². The Morgan fingerprint density at radius 2 is 1.88 bits per heavy atom. The van der Waals surface area contributed by atoms with Crippen molar-refractivity contribution in [3.8, 4) is 0 Å². The van der Waals surface area contributed by atoms with E-state index in [4.69, 9.17) is 0 Å². The third-order valence-corrected chi connectivity index (χ3v) is 5.66. The second-order valence-corrected chi connectivity index (χ2v) is 8.29. The zero-order chi connectivity index (χ0) is 23.2. The zero-order valence-electron chi connectivity index (χ0n) is 18.5. The Morgan fingerprint density at radius 1 is 1.06 bits per heavy atom. The maximum Gasteiger partial charge on any atom is 0.319 e. The first-order valence-corrected chi connectivity index (χ1v) is 11.2. The number of aliphatic imine (C=N–C) groups is 1. The molecule has 3 N–H and O–H groups in total. The standard InChI is InChI=1S/C26H27FN4O2/c1-17(32)8-4-2-7-11-22(25-28-16-24(30-25)18-9-5-3-6-10-18)31-26(33)23-15-19-14-20(27)12-13-21(19)29-23/h3,5-6,9-10,12-16,22,29-30H,2,4,7-8,11H2,1H3,(H,31,33)/q+1/t22-/m0/s1. The molecule has 0 bridgehead atoms. The molecule has 0 spiro atoms. The average Bonchev–Trinajstić information content (AvgIpc) is 3.45. The summed E-state index contributed by atoms with van der Waals surface area (Å²) in [5.74, 6) is 0.239. The average molecular weight is 447 g/mol. The largest absolute Gasteiger partial charge is 0.351 e. The Labute approximate surface area is 192 Å². The van der Waals surface area contributed by atoms with Gasteiger partial charge in [-0.1, -0.05) is 43.2 Å². The van der Waals surface area contributed by atoms with Crippen molar-refractivity contribution < 1.29 is 14.0 Å². The number of ketones is 1. The summed E-state index contributed by atoms with van der Waals surface area (Å²) in [6.45, 7) is 1.60. The smallest absolute Gasteiger partial charge is 0.319 e. The predicted octanol–water partition coefficient (Wildman–Crippen LogP) is 4.28. The lowest BCUT2D eigenvalue weighted by Crippen LogP contribution is -2.46. The SMILES string of the molecule is CC(=O)CCCCC[C@H](NC(=O)c1cc2cc(F)ccc2[nH]1)C1=[N+]C=C(c2ccccc2)N1. The molecule has 0 unspecified atom stereocenters. The molecule has 0 aliphatic carbocycles. The molecular formula is C26H27FN4O2+. The van der Waals surface area contributed by atoms with Gasteiger partial charge in [0, 0.05) is 22.9 Å². The molecule has 1 aliphatic heterocycles. The number of aromatic nitrogens is 1. The number of H-pyrrole nitrogens is 1. The van der Waals surface area contributed by atoms with Gasteiger partial charge in [0.05, 0.1) is 0 Å². The monoisotopic (exact) mass is 446 g/mol. The Bertz CT molecular complexity index is 1210. The highest BCUT2D eigenvalue weighted by atomic mass is 19.1. The van der Waals surface area contributed by atoms with Crippen molar-refractivity contribution in [2.24, 2.45) is 0 Å². The predicted molar refractivity (Wildman–Crippen MR) is 128 cm³/mol. The summed E-state index contributed by atoms with van der Waals surface area (Å²) in [6, 6.07) is 15.6. The minimum absolute atomic E-state index is 0.189. The molecule has 6 nitrogen and oxygen atoms in total. The quantitative estimate of drug-likeness (QED) is 0.406. The lowest BCUT2D eigenvalue weighted by Gasteiger charge is -2.15. The minimum atomic E-state index is -0.346. The number of carbonyl (C=O) groups is 2. The van der Waals surface area contributed by atoms with Gasteiger partial charge < -0.3 is 15.1 Å². The number of halogens is 1. The van der Waals surface area contributed by atoms with Crippen molar-refractivity contribution in [1.82, 2.24) is 20.6 Å². The van der Waals surface area contributed by atoms with E-state index in [1.54, 1.807) is 25.3 Å². The second kappa shape index (κ2) is 10.3. The Kier molecular flexibility index (Phi) is 6.98. The van der Waals surface area contributed by atoms with Crippen LogP contribution in [0.15, 0.2) is 60.8 Å². The van der Waals surface area contributed by atoms with Crippen LogP contribution in [0, 0.1) is 5.82 Å². The van der Waals surface area contributed by atoms with Gasteiger partial charge in [0.15, 0.2) is 11.9 Å². The van der Waals surface area contributed by atoms with Crippen LogP contribution in [0.25, 0.3) is 16.6 Å². The van der Waals surface area contributed by atoms with Crippen molar-refractivity contribution in [3.63, 3.8) is 0 Å². The molecule has 1 radical (unpaired) electrons. The van der Waals surface area contributed by atoms with Crippen LogP contribution < -0.4 is 15.6 Å². The minimum Gasteiger partial charge on any atom is -0.351 e. The fourth-order valence-corrected chi connectivity index (χ4v) is 3.92. The molecular weight excluding hydrogens is 419 g/mol. The molecule has 0 saturated carbocycles. The first-order valence-electron chi connectivity index (χ1n) is 11.2. The van der Waals surface area contributed by atoms with Gasteiger partial charge in [0.25, 0.3) is 5.91 Å². The fraction of sp³-hybridized carbons (Fsp3) is 0.269. The zero-order valence-corrected chi connectivity index (χ0v) is 18.5. The van der Waals surface area contributed by atoms with Crippen molar-refractivity contribution in [1.29, 1.82) is 0 Å². The summed E-state index contributed by atoms with van der Waals surface area (Å²) >= 11 is 0. The van der Waals surface area contributed by atoms with Crippen LogP contribution in [0.3, 0.4) is 0 Å². The number of nitrogens with one attached hydrogen (secondary N) is 3. The lowest BCUT2D eigenvalue weighted by molar-refractivity contribution is -0.117. The molecule has 3 aromatic rings. The summed E-state index contributed by atoms with van der Waals surface area (Å²) in [4.78, 5) is 31.8. The molecule has 169 valence electrons. The summed E-state index contributed by atoms with van der Waals surface area (Å²) in [5.41, 5.74) is 2.96.